The van der Waals surface area contributed by atoms with Crippen molar-refractivity contribution in [2.75, 3.05) is 21.2 Å². The highest BCUT2D eigenvalue weighted by Gasteiger charge is 2.55. The molecule has 2 heterocycles. The minimum atomic E-state index is -1.19. The molecular weight excluding hydrogens is 664 g/mol. The van der Waals surface area contributed by atoms with Crippen LogP contribution < -0.4 is 0 Å². The van der Waals surface area contributed by atoms with E-state index in [1.54, 1.807) is 20.8 Å². The van der Waals surface area contributed by atoms with Crippen LogP contribution in [0.3, 0.4) is 0 Å². The Hall–Kier alpha value is -2.65. The third-order valence-electron chi connectivity index (χ3n) is 10.5. The predicted octanol–water partition coefficient (Wildman–Crippen LogP) is 4.26. The highest BCUT2D eigenvalue weighted by molar-refractivity contribution is 5.90. The van der Waals surface area contributed by atoms with Gasteiger partial charge >= 0.3 is 23.9 Å². The third-order valence-corrected chi connectivity index (χ3v) is 10.5. The summed E-state index contributed by atoms with van der Waals surface area (Å²) in [5.41, 5.74) is -0.568. The van der Waals surface area contributed by atoms with Crippen LogP contribution in [0.15, 0.2) is 5.16 Å². The first kappa shape index (κ1) is 46.4. The van der Waals surface area contributed by atoms with Crippen molar-refractivity contribution in [3.05, 3.63) is 0 Å². The number of aliphatic hydroxyl groups excluding tert-OH is 2. The summed E-state index contributed by atoms with van der Waals surface area (Å²) >= 11 is 0. The molecule has 0 radical (unpaired) electrons. The molecule has 0 aromatic rings. The number of nitrogens with zero attached hydrogens (tertiary/aromatic N) is 2. The first-order chi connectivity index (χ1) is 23.8. The molecule has 14 nitrogen and oxygen atoms in total. The highest BCUT2D eigenvalue weighted by Crippen LogP contribution is 2.44. The molecule has 0 aliphatic carbocycles. The molecule has 2 rings (SSSR count). The minimum Gasteiger partial charge on any atom is -0.458 e. The number of esters is 3. The highest BCUT2D eigenvalue weighted by atomic mass is 16.7. The Bertz CT molecular complexity index is 1160. The summed E-state index contributed by atoms with van der Waals surface area (Å²) in [6.45, 7) is 19.4. The Balaban J connectivity index is 0.00000638. The minimum absolute atomic E-state index is 0.0393. The van der Waals surface area contributed by atoms with Crippen LogP contribution in [0.25, 0.3) is 0 Å². The summed E-state index contributed by atoms with van der Waals surface area (Å²) in [4.78, 5) is 57.1. The number of ether oxygens (including phenoxy) is 5. The van der Waals surface area contributed by atoms with Crippen molar-refractivity contribution in [1.82, 2.24) is 4.90 Å². The number of rotatable bonds is 17. The van der Waals surface area contributed by atoms with E-state index >= 15 is 0 Å². The van der Waals surface area contributed by atoms with Gasteiger partial charge in [-0.2, -0.15) is 0 Å². The maximum atomic E-state index is 13.7. The van der Waals surface area contributed by atoms with Gasteiger partial charge in [-0.3, -0.25) is 14.4 Å². The second kappa shape index (κ2) is 21.2. The van der Waals surface area contributed by atoms with Crippen molar-refractivity contribution < 1.29 is 57.9 Å². The number of hydrogen-bond acceptors (Lipinski definition) is 14. The molecule has 0 spiro atoms. The zero-order valence-electron chi connectivity index (χ0n) is 33.3. The van der Waals surface area contributed by atoms with E-state index in [0.29, 0.717) is 25.0 Å². The van der Waals surface area contributed by atoms with Crippen molar-refractivity contribution in [2.24, 2.45) is 34.7 Å². The van der Waals surface area contributed by atoms with E-state index in [-0.39, 0.29) is 30.4 Å². The fourth-order valence-corrected chi connectivity index (χ4v) is 7.27. The smallest absolute Gasteiger partial charge is 0.331 e. The molecule has 0 aromatic heterocycles. The Labute approximate surface area is 304 Å². The van der Waals surface area contributed by atoms with Gasteiger partial charge < -0.3 is 43.6 Å². The standard InChI is InChI=1S/C36H62N2O11.CH4O/c1-14-19(4)31(37-49-25(10)40)21(6)26-18-30(41)48-36(26,11)29(16-3)47-34(43)23(8)32(42)22(7)28(15-2)46-35-33(45-24(9)39)27(38(12)13)17-20(5)44-35;1-2/h19-23,26-29,32-33,35,42H,14-18H2,1-13H3;2H,1H3/b37-31+;/t19-,20?,21?,22?,23?,26-,27?,28+,29?,32?,33-,35?,36+;/m1./s1. The van der Waals surface area contributed by atoms with Crippen LogP contribution in [0.1, 0.15) is 108 Å². The lowest BCUT2D eigenvalue weighted by Crippen LogP contribution is -2.57. The van der Waals surface area contributed by atoms with E-state index in [0.717, 1.165) is 13.5 Å². The number of carbonyl (C=O) groups excluding carboxylic acids is 4. The normalized spacial score (nSPS) is 29.3. The number of carbonyl (C=O) groups is 4. The lowest BCUT2D eigenvalue weighted by atomic mass is 9.72. The summed E-state index contributed by atoms with van der Waals surface area (Å²) in [5.74, 6) is -4.34. The largest absolute Gasteiger partial charge is 0.458 e. The topological polar surface area (TPSA) is 180 Å². The molecule has 296 valence electrons. The molecule has 2 fully saturated rings. The maximum absolute atomic E-state index is 13.7. The molecule has 0 bridgehead atoms. The number of likely N-dealkylation sites (N-methyl/N-ethyl adjacent to an activating group) is 1. The van der Waals surface area contributed by atoms with Crippen LogP contribution in [-0.4, -0.2) is 114 Å². The summed E-state index contributed by atoms with van der Waals surface area (Å²) in [5, 5.41) is 22.7. The van der Waals surface area contributed by atoms with Gasteiger partial charge in [0.05, 0.1) is 42.4 Å². The molecule has 0 saturated carbocycles. The van der Waals surface area contributed by atoms with Crippen LogP contribution in [-0.2, 0) is 47.7 Å². The fraction of sp³-hybridized carbons (Fsp3) is 0.865. The number of oxime groups is 1. The second-order valence-corrected chi connectivity index (χ2v) is 14.4. The summed E-state index contributed by atoms with van der Waals surface area (Å²) in [6, 6.07) is -0.137. The molecule has 13 atom stereocenters. The molecule has 51 heavy (non-hydrogen) atoms. The van der Waals surface area contributed by atoms with Crippen LogP contribution >= 0.6 is 0 Å². The van der Waals surface area contributed by atoms with E-state index in [1.165, 1.54) is 13.8 Å². The van der Waals surface area contributed by atoms with Crippen molar-refractivity contribution in [3.63, 3.8) is 0 Å². The number of aliphatic hydroxyl groups is 2. The van der Waals surface area contributed by atoms with Gasteiger partial charge in [0, 0.05) is 38.7 Å². The maximum Gasteiger partial charge on any atom is 0.331 e. The van der Waals surface area contributed by atoms with Gasteiger partial charge in [-0.05, 0) is 66.5 Å². The Morgan fingerprint density at radius 3 is 2.12 bits per heavy atom. The van der Waals surface area contributed by atoms with Crippen molar-refractivity contribution in [1.29, 1.82) is 0 Å². The quantitative estimate of drug-likeness (QED) is 0.0713. The van der Waals surface area contributed by atoms with Crippen molar-refractivity contribution in [2.45, 2.75) is 157 Å². The van der Waals surface area contributed by atoms with Crippen molar-refractivity contribution >= 4 is 29.6 Å². The van der Waals surface area contributed by atoms with Crippen LogP contribution in [0.5, 0.6) is 0 Å². The zero-order chi connectivity index (χ0) is 39.4. The number of cyclic esters (lactones) is 1. The van der Waals surface area contributed by atoms with Crippen molar-refractivity contribution in [3.8, 4) is 0 Å². The van der Waals surface area contributed by atoms with Gasteiger partial charge in [-0.25, -0.2) is 4.79 Å². The van der Waals surface area contributed by atoms with Crippen LogP contribution in [0.2, 0.25) is 0 Å². The Morgan fingerprint density at radius 2 is 1.63 bits per heavy atom. The molecule has 0 amide bonds. The van der Waals surface area contributed by atoms with E-state index in [1.807, 2.05) is 60.5 Å². The second-order valence-electron chi connectivity index (χ2n) is 14.4. The molecule has 14 heteroatoms. The van der Waals surface area contributed by atoms with Gasteiger partial charge in [-0.15, -0.1) is 0 Å². The molecular formula is C37H66N2O12. The van der Waals surface area contributed by atoms with E-state index < -0.39 is 77.9 Å². The lowest BCUT2D eigenvalue weighted by molar-refractivity contribution is -0.280. The third kappa shape index (κ3) is 12.2. The molecule has 2 aliphatic heterocycles. The molecule has 2 N–H and O–H groups in total. The molecule has 0 aromatic carbocycles. The summed E-state index contributed by atoms with van der Waals surface area (Å²) < 4.78 is 30.2. The van der Waals surface area contributed by atoms with Crippen LogP contribution in [0.4, 0.5) is 0 Å². The monoisotopic (exact) mass is 730 g/mol. The number of hydrogen-bond donors (Lipinski definition) is 2. The lowest BCUT2D eigenvalue weighted by Gasteiger charge is -2.44. The molecule has 2 aliphatic rings. The Kier molecular flexibility index (Phi) is 19.2. The molecule has 8 unspecified atom stereocenters. The van der Waals surface area contributed by atoms with Gasteiger partial charge in [0.1, 0.15) is 11.7 Å². The van der Waals surface area contributed by atoms with E-state index in [2.05, 4.69) is 5.16 Å². The summed E-state index contributed by atoms with van der Waals surface area (Å²) in [7, 11) is 4.82. The first-order valence-corrected chi connectivity index (χ1v) is 18.3. The average Bonchev–Trinajstić information content (AvgIpc) is 3.40. The van der Waals surface area contributed by atoms with E-state index in [4.69, 9.17) is 33.6 Å². The zero-order valence-corrected chi connectivity index (χ0v) is 33.3. The van der Waals surface area contributed by atoms with Crippen LogP contribution in [0, 0.1) is 29.6 Å². The predicted molar refractivity (Wildman–Crippen MR) is 190 cm³/mol. The van der Waals surface area contributed by atoms with Gasteiger partial charge in [0.2, 0.25) is 0 Å². The van der Waals surface area contributed by atoms with Gasteiger partial charge in [-0.1, -0.05) is 46.7 Å². The Morgan fingerprint density at radius 1 is 1.02 bits per heavy atom. The van der Waals surface area contributed by atoms with Gasteiger partial charge in [0.25, 0.3) is 0 Å². The molecule has 2 saturated heterocycles. The SMILES string of the molecule is CCC(OC(=O)C(C)C(O)C(C)[C@H](CC)OC1OC(C)CC(N(C)C)[C@H]1OC(C)=O)[C@@]1(C)OC(=O)C[C@@H]1C(C)/C(=N/OC(C)=O)[C@H](C)CC.CO. The average molecular weight is 731 g/mol. The van der Waals surface area contributed by atoms with Gasteiger partial charge in [0.15, 0.2) is 12.4 Å². The first-order valence-electron chi connectivity index (χ1n) is 18.3. The fourth-order valence-electron chi connectivity index (χ4n) is 7.27. The van der Waals surface area contributed by atoms with E-state index in [9.17, 15) is 24.3 Å². The summed E-state index contributed by atoms with van der Waals surface area (Å²) in [6.07, 6.45) is -1.93.